The lowest BCUT2D eigenvalue weighted by Gasteiger charge is -2.39. The molecule has 1 aliphatic heterocycles. The lowest BCUT2D eigenvalue weighted by molar-refractivity contribution is 0.0204. The Balaban J connectivity index is 1.54. The fraction of sp³-hybridized carbons (Fsp3) is 0.500. The molecule has 2 heterocycles. The Morgan fingerprint density at radius 2 is 1.72 bits per heavy atom. The van der Waals surface area contributed by atoms with Crippen molar-refractivity contribution in [1.82, 2.24) is 19.7 Å². The van der Waals surface area contributed by atoms with Crippen molar-refractivity contribution in [3.63, 3.8) is 0 Å². The van der Waals surface area contributed by atoms with Gasteiger partial charge in [0.25, 0.3) is 0 Å². The number of halogens is 1. The maximum atomic E-state index is 13.6. The summed E-state index contributed by atoms with van der Waals surface area (Å²) in [5.74, 6) is 2.35. The fourth-order valence-corrected chi connectivity index (χ4v) is 4.55. The number of hydrogen-bond acceptors (Lipinski definition) is 6. The van der Waals surface area contributed by atoms with Crippen LogP contribution < -0.4 is 9.64 Å². The summed E-state index contributed by atoms with van der Waals surface area (Å²) < 4.78 is 26.8. The fourth-order valence-electron chi connectivity index (χ4n) is 4.55. The number of amides is 1. The molecule has 0 unspecified atom stereocenters. The maximum absolute atomic E-state index is 13.6. The van der Waals surface area contributed by atoms with Gasteiger partial charge in [-0.1, -0.05) is 26.0 Å². The van der Waals surface area contributed by atoms with Crippen LogP contribution in [0.25, 0.3) is 11.4 Å². The molecular weight excluding hydrogens is 497 g/mol. The molecule has 0 spiro atoms. The molecule has 1 fully saturated rings. The van der Waals surface area contributed by atoms with E-state index in [1.807, 2.05) is 52.1 Å². The van der Waals surface area contributed by atoms with Crippen LogP contribution in [0.15, 0.2) is 48.5 Å². The topological polar surface area (TPSA) is 72.7 Å². The number of ether oxygens (including phenoxy) is 2. The van der Waals surface area contributed by atoms with Crippen molar-refractivity contribution in [2.24, 2.45) is 13.0 Å². The minimum absolute atomic E-state index is 0.122. The number of benzene rings is 2. The monoisotopic (exact) mass is 537 g/mol. The smallest absolute Gasteiger partial charge is 0.410 e. The number of hydrogen-bond donors (Lipinski definition) is 0. The van der Waals surface area contributed by atoms with Crippen molar-refractivity contribution in [1.29, 1.82) is 0 Å². The molecule has 0 atom stereocenters. The number of piperidine rings is 1. The van der Waals surface area contributed by atoms with E-state index in [2.05, 4.69) is 18.7 Å². The zero-order valence-corrected chi connectivity index (χ0v) is 23.9. The highest BCUT2D eigenvalue weighted by Crippen LogP contribution is 2.28. The number of carbonyl (C=O) groups is 1. The molecule has 8 nitrogen and oxygen atoms in total. The van der Waals surface area contributed by atoms with Crippen LogP contribution in [0.1, 0.15) is 53.0 Å². The highest BCUT2D eigenvalue weighted by Gasteiger charge is 2.31. The predicted molar refractivity (Wildman–Crippen MR) is 150 cm³/mol. The van der Waals surface area contributed by atoms with Gasteiger partial charge in [-0.3, -0.25) is 0 Å². The maximum Gasteiger partial charge on any atom is 0.410 e. The number of nitrogens with zero attached hydrogens (tertiary/aromatic N) is 5. The molecule has 0 N–H and O–H groups in total. The average Bonchev–Trinajstić information content (AvgIpc) is 3.27. The van der Waals surface area contributed by atoms with Gasteiger partial charge in [-0.25, -0.2) is 13.9 Å². The highest BCUT2D eigenvalue weighted by molar-refractivity contribution is 5.68. The van der Waals surface area contributed by atoms with Crippen LogP contribution in [-0.4, -0.2) is 57.1 Å². The number of carbonyl (C=O) groups excluding carboxylic acids is 1. The quantitative estimate of drug-likeness (QED) is 0.348. The van der Waals surface area contributed by atoms with Gasteiger partial charge in [-0.05, 0) is 81.5 Å². The van der Waals surface area contributed by atoms with E-state index in [-0.39, 0.29) is 18.0 Å². The lowest BCUT2D eigenvalue weighted by Crippen LogP contribution is -2.48. The molecule has 0 radical (unpaired) electrons. The van der Waals surface area contributed by atoms with Gasteiger partial charge in [0.15, 0.2) is 5.82 Å². The van der Waals surface area contributed by atoms with Crippen LogP contribution in [0.3, 0.4) is 0 Å². The van der Waals surface area contributed by atoms with E-state index in [9.17, 15) is 9.18 Å². The van der Waals surface area contributed by atoms with Crippen LogP contribution >= 0.6 is 0 Å². The zero-order valence-electron chi connectivity index (χ0n) is 23.9. The van der Waals surface area contributed by atoms with Crippen LogP contribution in [0.5, 0.6) is 5.75 Å². The summed E-state index contributed by atoms with van der Waals surface area (Å²) in [6.07, 6.45) is 1.22. The molecule has 1 saturated heterocycles. The molecule has 1 aromatic heterocycles. The standard InChI is InChI=1S/C30H40FN5O3/c1-21(2)20-38-26-13-9-23(10-14-26)27-32-28(34(6)33-27)36(19-22-7-11-24(31)12-8-22)25-15-17-35(18-16-25)29(37)39-30(3,4)5/h7-14,21,25H,15-20H2,1-6H3. The van der Waals surface area contributed by atoms with Crippen molar-refractivity contribution in [3.05, 3.63) is 59.9 Å². The van der Waals surface area contributed by atoms with E-state index >= 15 is 0 Å². The van der Waals surface area contributed by atoms with Gasteiger partial charge >= 0.3 is 6.09 Å². The van der Waals surface area contributed by atoms with Crippen LogP contribution in [0.2, 0.25) is 0 Å². The van der Waals surface area contributed by atoms with Gasteiger partial charge in [0.2, 0.25) is 5.95 Å². The van der Waals surface area contributed by atoms with Gasteiger partial charge in [0.1, 0.15) is 17.2 Å². The van der Waals surface area contributed by atoms with Crippen molar-refractivity contribution in [3.8, 4) is 17.1 Å². The minimum atomic E-state index is -0.531. The second-order valence-electron chi connectivity index (χ2n) is 11.5. The molecule has 0 saturated carbocycles. The molecule has 3 aromatic rings. The summed E-state index contributed by atoms with van der Waals surface area (Å²) in [6.45, 7) is 12.2. The van der Waals surface area contributed by atoms with Gasteiger partial charge in [-0.2, -0.15) is 4.98 Å². The summed E-state index contributed by atoms with van der Waals surface area (Å²) >= 11 is 0. The van der Waals surface area contributed by atoms with Gasteiger partial charge < -0.3 is 19.3 Å². The average molecular weight is 538 g/mol. The first-order valence-corrected chi connectivity index (χ1v) is 13.6. The number of aryl methyl sites for hydroxylation is 1. The van der Waals surface area contributed by atoms with E-state index in [1.165, 1.54) is 12.1 Å². The van der Waals surface area contributed by atoms with Crippen molar-refractivity contribution in [2.75, 3.05) is 24.6 Å². The molecule has 1 amide bonds. The van der Waals surface area contributed by atoms with Crippen LogP contribution in [0.4, 0.5) is 15.1 Å². The molecule has 39 heavy (non-hydrogen) atoms. The van der Waals surface area contributed by atoms with Gasteiger partial charge in [0, 0.05) is 38.3 Å². The highest BCUT2D eigenvalue weighted by atomic mass is 19.1. The molecule has 9 heteroatoms. The molecule has 0 aliphatic carbocycles. The second-order valence-corrected chi connectivity index (χ2v) is 11.5. The third-order valence-corrected chi connectivity index (χ3v) is 6.52. The predicted octanol–water partition coefficient (Wildman–Crippen LogP) is 6.06. The summed E-state index contributed by atoms with van der Waals surface area (Å²) in [5, 5.41) is 4.72. The zero-order chi connectivity index (χ0) is 28.2. The minimum Gasteiger partial charge on any atom is -0.493 e. The normalized spacial score (nSPS) is 14.5. The van der Waals surface area contributed by atoms with E-state index in [4.69, 9.17) is 19.6 Å². The number of anilines is 1. The Morgan fingerprint density at radius 1 is 1.08 bits per heavy atom. The first-order chi connectivity index (χ1) is 18.5. The largest absolute Gasteiger partial charge is 0.493 e. The van der Waals surface area contributed by atoms with Crippen molar-refractivity contribution in [2.45, 2.75) is 65.6 Å². The van der Waals surface area contributed by atoms with Crippen LogP contribution in [-0.2, 0) is 18.3 Å². The summed E-state index contributed by atoms with van der Waals surface area (Å²) in [7, 11) is 1.89. The summed E-state index contributed by atoms with van der Waals surface area (Å²) in [6, 6.07) is 14.5. The van der Waals surface area contributed by atoms with Crippen molar-refractivity contribution >= 4 is 12.0 Å². The molecule has 0 bridgehead atoms. The lowest BCUT2D eigenvalue weighted by atomic mass is 10.0. The number of aromatic nitrogens is 3. The van der Waals surface area contributed by atoms with Crippen molar-refractivity contribution < 1.29 is 18.7 Å². The molecule has 210 valence electrons. The molecular formula is C30H40FN5O3. The third-order valence-electron chi connectivity index (χ3n) is 6.52. The van der Waals surface area contributed by atoms with E-state index in [0.717, 1.165) is 35.7 Å². The SMILES string of the molecule is CC(C)COc1ccc(-c2nc(N(Cc3ccc(F)cc3)C3CCN(C(=O)OC(C)(C)C)CC3)n(C)n2)cc1. The molecule has 2 aromatic carbocycles. The van der Waals surface area contributed by atoms with Crippen LogP contribution in [0, 0.1) is 11.7 Å². The Hall–Kier alpha value is -3.62. The Labute approximate surface area is 230 Å². The molecule has 4 rings (SSSR count). The van der Waals surface area contributed by atoms with E-state index < -0.39 is 5.60 Å². The first kappa shape index (κ1) is 28.4. The Kier molecular flexibility index (Phi) is 8.77. The van der Waals surface area contributed by atoms with E-state index in [1.54, 1.807) is 21.7 Å². The molecule has 1 aliphatic rings. The second kappa shape index (κ2) is 12.1. The first-order valence-electron chi connectivity index (χ1n) is 13.6. The Morgan fingerprint density at radius 3 is 2.31 bits per heavy atom. The van der Waals surface area contributed by atoms with E-state index in [0.29, 0.717) is 38.0 Å². The summed E-state index contributed by atoms with van der Waals surface area (Å²) in [4.78, 5) is 21.5. The number of likely N-dealkylation sites (tertiary alicyclic amines) is 1. The van der Waals surface area contributed by atoms with Gasteiger partial charge in [-0.15, -0.1) is 5.10 Å². The third kappa shape index (κ3) is 7.71. The summed E-state index contributed by atoms with van der Waals surface area (Å²) in [5.41, 5.74) is 1.34. The Bertz CT molecular complexity index is 1230. The van der Waals surface area contributed by atoms with Gasteiger partial charge in [0.05, 0.1) is 6.61 Å². The number of rotatable bonds is 8.